The van der Waals surface area contributed by atoms with Crippen LogP contribution in [0, 0.1) is 5.92 Å². The van der Waals surface area contributed by atoms with Crippen molar-refractivity contribution in [2.75, 3.05) is 10.6 Å². The largest absolute Gasteiger partial charge is 0.386 e. The van der Waals surface area contributed by atoms with E-state index < -0.39 is 17.7 Å². The van der Waals surface area contributed by atoms with Crippen molar-refractivity contribution in [3.63, 3.8) is 0 Å². The van der Waals surface area contributed by atoms with E-state index in [1.165, 1.54) is 0 Å². The number of guanidine groups is 3. The second-order valence-corrected chi connectivity index (χ2v) is 12.4. The summed E-state index contributed by atoms with van der Waals surface area (Å²) in [6.45, 7) is 10.5. The topological polar surface area (TPSA) is 339 Å². The zero-order valence-corrected chi connectivity index (χ0v) is 31.7. The summed E-state index contributed by atoms with van der Waals surface area (Å²) in [5.41, 5.74) is 43.4. The number of amidine groups is 1. The van der Waals surface area contributed by atoms with E-state index in [1.54, 1.807) is 71.0 Å². The first-order chi connectivity index (χ1) is 25.5. The zero-order chi connectivity index (χ0) is 40.4. The van der Waals surface area contributed by atoms with Gasteiger partial charge in [-0.2, -0.15) is 20.4 Å². The Morgan fingerprint density at radius 3 is 1.15 bits per heavy atom. The van der Waals surface area contributed by atoms with Gasteiger partial charge in [0.15, 0.2) is 0 Å². The van der Waals surface area contributed by atoms with Crippen LogP contribution < -0.4 is 50.8 Å². The Bertz CT molecular complexity index is 1650. The number of anilines is 2. The Balaban J connectivity index is 2.63. The highest BCUT2D eigenvalue weighted by atomic mass is 16.2. The Morgan fingerprint density at radius 2 is 0.833 bits per heavy atom. The van der Waals surface area contributed by atoms with Crippen LogP contribution in [0.15, 0.2) is 77.2 Å². The van der Waals surface area contributed by atoms with E-state index in [-0.39, 0.29) is 30.1 Å². The lowest BCUT2D eigenvalue weighted by Gasteiger charge is -2.19. The molecule has 0 fully saturated rings. The maximum Gasteiger partial charge on any atom is 0.236 e. The Labute approximate surface area is 315 Å². The van der Waals surface area contributed by atoms with Gasteiger partial charge in [0.1, 0.15) is 11.8 Å². The average molecular weight is 744 g/mol. The van der Waals surface area contributed by atoms with Crippen molar-refractivity contribution in [3.05, 3.63) is 58.7 Å². The minimum Gasteiger partial charge on any atom is -0.386 e. The summed E-state index contributed by atoms with van der Waals surface area (Å²) < 4.78 is 0. The number of hydrogen-bond acceptors (Lipinski definition) is 10. The second kappa shape index (κ2) is 21.6. The lowest BCUT2D eigenvalue weighted by Crippen LogP contribution is -2.34. The van der Waals surface area contributed by atoms with Gasteiger partial charge in [-0.05, 0) is 77.4 Å². The van der Waals surface area contributed by atoms with Gasteiger partial charge in [-0.3, -0.25) is 9.59 Å². The predicted molar refractivity (Wildman–Crippen MR) is 221 cm³/mol. The Hall–Kier alpha value is -6.66. The molecule has 290 valence electrons. The van der Waals surface area contributed by atoms with Gasteiger partial charge in [-0.15, -0.1) is 20.4 Å². The van der Waals surface area contributed by atoms with Gasteiger partial charge in [0.2, 0.25) is 29.7 Å². The Kier molecular flexibility index (Phi) is 17.4. The highest BCUT2D eigenvalue weighted by Gasteiger charge is 2.27. The number of rotatable bonds is 18. The molecule has 0 aliphatic heterocycles. The molecular formula is C35H53N17O2. The first-order valence-corrected chi connectivity index (χ1v) is 17.2. The molecule has 0 saturated carbocycles. The molecule has 0 spiro atoms. The van der Waals surface area contributed by atoms with Crippen molar-refractivity contribution in [2.24, 2.45) is 86.9 Å². The quantitative estimate of drug-likeness (QED) is 0.0355. The summed E-state index contributed by atoms with van der Waals surface area (Å²) in [6.07, 6.45) is 4.84. The number of nitrogens with one attached hydrogen (secondary N) is 2. The molecular weight excluding hydrogens is 691 g/mol. The van der Waals surface area contributed by atoms with Crippen LogP contribution in [-0.4, -0.2) is 58.4 Å². The minimum absolute atomic E-state index is 0.220. The highest BCUT2D eigenvalue weighted by Crippen LogP contribution is 2.23. The lowest BCUT2D eigenvalue weighted by atomic mass is 9.97. The van der Waals surface area contributed by atoms with Gasteiger partial charge in [-0.25, -0.2) is 0 Å². The van der Waals surface area contributed by atoms with Crippen molar-refractivity contribution in [1.29, 1.82) is 0 Å². The highest BCUT2D eigenvalue weighted by molar-refractivity contribution is 6.13. The van der Waals surface area contributed by atoms with Gasteiger partial charge in [0.25, 0.3) is 0 Å². The molecule has 1 unspecified atom stereocenters. The third-order valence-electron chi connectivity index (χ3n) is 7.61. The molecule has 0 aliphatic rings. The van der Waals surface area contributed by atoms with Gasteiger partial charge < -0.3 is 50.8 Å². The van der Waals surface area contributed by atoms with Crippen LogP contribution in [0.25, 0.3) is 0 Å². The number of carbonyl (C=O) groups excluding carboxylic acids is 2. The maximum absolute atomic E-state index is 14.1. The van der Waals surface area contributed by atoms with E-state index in [2.05, 4.69) is 58.4 Å². The van der Waals surface area contributed by atoms with Crippen LogP contribution in [0.5, 0.6) is 0 Å². The molecule has 54 heavy (non-hydrogen) atoms. The van der Waals surface area contributed by atoms with Crippen molar-refractivity contribution < 1.29 is 9.59 Å². The molecule has 0 bridgehead atoms. The number of carbonyl (C=O) groups is 2. The average Bonchev–Trinajstić information content (AvgIpc) is 3.11. The molecule has 0 heterocycles. The molecule has 16 N–H and O–H groups in total. The summed E-state index contributed by atoms with van der Waals surface area (Å²) in [7, 11) is 0. The van der Waals surface area contributed by atoms with Crippen LogP contribution in [0.2, 0.25) is 0 Å². The van der Waals surface area contributed by atoms with Gasteiger partial charge in [0.05, 0.1) is 22.8 Å². The number of amides is 2. The predicted octanol–water partition coefficient (Wildman–Crippen LogP) is 2.33. The van der Waals surface area contributed by atoms with E-state index >= 15 is 0 Å². The summed E-state index contributed by atoms with van der Waals surface area (Å²) in [5, 5.41) is 37.4. The van der Waals surface area contributed by atoms with Crippen molar-refractivity contribution >= 4 is 69.8 Å². The Morgan fingerprint density at radius 1 is 0.500 bits per heavy atom. The van der Waals surface area contributed by atoms with Crippen LogP contribution in [0.4, 0.5) is 11.4 Å². The van der Waals surface area contributed by atoms with Crippen molar-refractivity contribution in [1.82, 2.24) is 0 Å². The summed E-state index contributed by atoms with van der Waals surface area (Å²) >= 11 is 0. The van der Waals surface area contributed by atoms with Crippen LogP contribution in [0.1, 0.15) is 102 Å². The first kappa shape index (κ1) is 43.5. The molecule has 19 heteroatoms. The number of nitrogens with two attached hydrogens (primary N) is 7. The first-order valence-electron chi connectivity index (χ1n) is 17.2. The molecule has 2 rings (SSSR count). The SMILES string of the molecule is CCCCCCCC(C(=O)Nc1cc(C(C)=NN=C(N)N)cc(/C(C)=N\N=C(C)N)c1)C(=O)Nc1cc(C(C)=NN=C(N)N)cc(/C(C)=N\N=C(N)N)c1. The van der Waals surface area contributed by atoms with E-state index in [9.17, 15) is 9.59 Å². The van der Waals surface area contributed by atoms with E-state index in [0.29, 0.717) is 62.9 Å². The number of nitrogens with zero attached hydrogens (tertiary/aromatic N) is 8. The van der Waals surface area contributed by atoms with Gasteiger partial charge in [-0.1, -0.05) is 39.0 Å². The second-order valence-electron chi connectivity index (χ2n) is 12.4. The van der Waals surface area contributed by atoms with Crippen LogP contribution >= 0.6 is 0 Å². The zero-order valence-electron chi connectivity index (χ0n) is 31.7. The van der Waals surface area contributed by atoms with Crippen molar-refractivity contribution in [2.45, 2.75) is 80.1 Å². The molecule has 2 aromatic carbocycles. The van der Waals surface area contributed by atoms with E-state index in [4.69, 9.17) is 40.1 Å². The summed E-state index contributed by atoms with van der Waals surface area (Å²) in [4.78, 5) is 28.1. The van der Waals surface area contributed by atoms with Crippen LogP contribution in [-0.2, 0) is 9.59 Å². The summed E-state index contributed by atoms with van der Waals surface area (Å²) in [5.74, 6) is -2.56. The van der Waals surface area contributed by atoms with E-state index in [1.807, 2.05) is 0 Å². The van der Waals surface area contributed by atoms with Gasteiger partial charge in [0, 0.05) is 33.6 Å². The van der Waals surface area contributed by atoms with Crippen molar-refractivity contribution in [3.8, 4) is 0 Å². The molecule has 0 radical (unpaired) electrons. The molecule has 0 aromatic heterocycles. The lowest BCUT2D eigenvalue weighted by molar-refractivity contribution is -0.129. The molecule has 1 atom stereocenters. The molecule has 2 amide bonds. The number of benzene rings is 2. The molecule has 0 saturated heterocycles. The van der Waals surface area contributed by atoms with Crippen LogP contribution in [0.3, 0.4) is 0 Å². The molecule has 2 aromatic rings. The fourth-order valence-electron chi connectivity index (χ4n) is 4.81. The summed E-state index contributed by atoms with van der Waals surface area (Å²) in [6, 6.07) is 10.3. The third-order valence-corrected chi connectivity index (χ3v) is 7.61. The maximum atomic E-state index is 14.1. The monoisotopic (exact) mass is 743 g/mol. The standard InChI is InChI=1S/C35H53N17O2/c1-7-8-9-10-11-12-30(31(53)43-28-15-24(19(2)45-49-23(6)36)13-25(16-28)20(3)46-50-33(37)38)32(54)44-29-17-26(21(4)47-51-34(39)40)14-27(18-29)22(5)48-52-35(41)42/h13-18,30H,7-12H2,1-6H3,(H2,36,49)(H,43,53)(H,44,54)(H4,37,38,50)(H4,39,40,51)(H4,41,42,52)/b45-19-,46-20?,47-21-,48-22?. The normalized spacial score (nSPS) is 13.1. The smallest absolute Gasteiger partial charge is 0.236 e. The fraction of sp³-hybridized carbons (Fsp3) is 0.371. The van der Waals surface area contributed by atoms with Gasteiger partial charge >= 0.3 is 0 Å². The number of hydrogen-bond donors (Lipinski definition) is 9. The molecule has 0 aliphatic carbocycles. The molecule has 19 nitrogen and oxygen atoms in total. The minimum atomic E-state index is -1.09. The number of unbranched alkanes of at least 4 members (excludes halogenated alkanes) is 4. The fourth-order valence-corrected chi connectivity index (χ4v) is 4.81. The van der Waals surface area contributed by atoms with E-state index in [0.717, 1.165) is 25.7 Å². The third kappa shape index (κ3) is 15.3.